The van der Waals surface area contributed by atoms with Crippen LogP contribution in [0.2, 0.25) is 0 Å². The van der Waals surface area contributed by atoms with Crippen LogP contribution in [0, 0.1) is 6.92 Å². The van der Waals surface area contributed by atoms with Crippen LogP contribution >= 0.6 is 11.3 Å². The van der Waals surface area contributed by atoms with Crippen LogP contribution in [0.3, 0.4) is 0 Å². The van der Waals surface area contributed by atoms with Crippen molar-refractivity contribution in [2.24, 2.45) is 5.73 Å². The van der Waals surface area contributed by atoms with E-state index in [-0.39, 0.29) is 5.91 Å². The first-order valence-electron chi connectivity index (χ1n) is 2.56. The maximum atomic E-state index is 10.4. The number of hydrogen-bond acceptors (Lipinski definition) is 2. The Morgan fingerprint density at radius 1 is 1.67 bits per heavy atom. The minimum absolute atomic E-state index is 0.340. The number of amides is 1. The minimum Gasteiger partial charge on any atom is -0.365 e. The highest BCUT2D eigenvalue weighted by atomic mass is 32.1. The number of primary amides is 1. The van der Waals surface area contributed by atoms with E-state index in [1.54, 1.807) is 6.07 Å². The average Bonchev–Trinajstić information content (AvgIpc) is 2.14. The van der Waals surface area contributed by atoms with Crippen LogP contribution in [-0.2, 0) is 0 Å². The molecule has 0 radical (unpaired) electrons. The van der Waals surface area contributed by atoms with Crippen molar-refractivity contribution in [2.45, 2.75) is 6.92 Å². The second-order valence-corrected chi connectivity index (χ2v) is 3.06. The second kappa shape index (κ2) is 2.19. The summed E-state index contributed by atoms with van der Waals surface area (Å²) in [5.41, 5.74) is 5.00. The molecule has 0 fully saturated rings. The minimum atomic E-state index is -0.340. The monoisotopic (exact) mass is 141 g/mol. The van der Waals surface area contributed by atoms with Crippen molar-refractivity contribution in [3.63, 3.8) is 0 Å². The van der Waals surface area contributed by atoms with E-state index in [0.29, 0.717) is 4.88 Å². The number of carbonyl (C=O) groups excluding carboxylic acids is 1. The second-order valence-electron chi connectivity index (χ2n) is 1.77. The summed E-state index contributed by atoms with van der Waals surface area (Å²) in [5.74, 6) is -0.340. The summed E-state index contributed by atoms with van der Waals surface area (Å²) in [6.45, 7) is 1.94. The molecule has 1 amide bonds. The summed E-state index contributed by atoms with van der Waals surface area (Å²) in [4.78, 5) is 12.2. The van der Waals surface area contributed by atoms with E-state index in [2.05, 4.69) is 0 Å². The topological polar surface area (TPSA) is 43.1 Å². The summed E-state index contributed by atoms with van der Waals surface area (Å²) in [7, 11) is 0. The molecule has 2 nitrogen and oxygen atoms in total. The average molecular weight is 141 g/mol. The zero-order chi connectivity index (χ0) is 6.85. The van der Waals surface area contributed by atoms with E-state index in [4.69, 9.17) is 5.73 Å². The quantitative estimate of drug-likeness (QED) is 0.626. The molecular formula is C6H7NOS. The van der Waals surface area contributed by atoms with E-state index in [0.717, 1.165) is 4.88 Å². The first-order chi connectivity index (χ1) is 4.20. The van der Waals surface area contributed by atoms with Gasteiger partial charge in [0, 0.05) is 4.88 Å². The molecule has 0 atom stereocenters. The third-order valence-electron chi connectivity index (χ3n) is 0.983. The Balaban J connectivity index is 2.98. The van der Waals surface area contributed by atoms with Gasteiger partial charge in [0.15, 0.2) is 0 Å². The highest BCUT2D eigenvalue weighted by Gasteiger charge is 2.00. The molecule has 0 saturated heterocycles. The predicted molar refractivity (Wildman–Crippen MR) is 37.6 cm³/mol. The van der Waals surface area contributed by atoms with Gasteiger partial charge in [-0.05, 0) is 19.1 Å². The molecule has 2 N–H and O–H groups in total. The van der Waals surface area contributed by atoms with Crippen molar-refractivity contribution in [1.29, 1.82) is 0 Å². The molecular weight excluding hydrogens is 134 g/mol. The van der Waals surface area contributed by atoms with Crippen molar-refractivity contribution in [2.75, 3.05) is 0 Å². The van der Waals surface area contributed by atoms with Gasteiger partial charge in [0.1, 0.15) is 0 Å². The van der Waals surface area contributed by atoms with Gasteiger partial charge in [-0.3, -0.25) is 4.79 Å². The fraction of sp³-hybridized carbons (Fsp3) is 0.167. The highest BCUT2D eigenvalue weighted by molar-refractivity contribution is 7.13. The third-order valence-corrected chi connectivity index (χ3v) is 2.00. The molecule has 1 aromatic heterocycles. The molecule has 1 rings (SSSR count). The number of rotatable bonds is 1. The van der Waals surface area contributed by atoms with Crippen molar-refractivity contribution >= 4 is 17.2 Å². The first kappa shape index (κ1) is 6.29. The van der Waals surface area contributed by atoms with Gasteiger partial charge >= 0.3 is 0 Å². The highest BCUT2D eigenvalue weighted by Crippen LogP contribution is 2.13. The van der Waals surface area contributed by atoms with Crippen molar-refractivity contribution in [3.8, 4) is 0 Å². The van der Waals surface area contributed by atoms with Gasteiger partial charge in [0.05, 0.1) is 4.88 Å². The predicted octanol–water partition coefficient (Wildman–Crippen LogP) is 1.16. The van der Waals surface area contributed by atoms with E-state index in [9.17, 15) is 4.79 Å². The summed E-state index contributed by atoms with van der Waals surface area (Å²) in [6, 6.07) is 3.62. The molecule has 48 valence electrons. The molecule has 0 bridgehead atoms. The van der Waals surface area contributed by atoms with E-state index >= 15 is 0 Å². The summed E-state index contributed by atoms with van der Waals surface area (Å²) in [5, 5.41) is 0. The number of carbonyl (C=O) groups is 1. The van der Waals surface area contributed by atoms with Crippen LogP contribution in [0.25, 0.3) is 0 Å². The standard InChI is InChI=1S/C6H7NOS/c1-4-2-3-5(9-4)6(7)8/h2-3H,1H3,(H2,7,8). The molecule has 0 aliphatic carbocycles. The molecule has 0 saturated carbocycles. The lowest BCUT2D eigenvalue weighted by Gasteiger charge is -1.81. The molecule has 9 heavy (non-hydrogen) atoms. The number of aryl methyl sites for hydroxylation is 1. The Morgan fingerprint density at radius 3 is 2.56 bits per heavy atom. The van der Waals surface area contributed by atoms with Crippen LogP contribution in [0.15, 0.2) is 12.1 Å². The van der Waals surface area contributed by atoms with Gasteiger partial charge in [0.25, 0.3) is 5.91 Å². The molecule has 3 heteroatoms. The van der Waals surface area contributed by atoms with Crippen LogP contribution in [0.5, 0.6) is 0 Å². The molecule has 0 unspecified atom stereocenters. The van der Waals surface area contributed by atoms with Crippen molar-refractivity contribution < 1.29 is 4.79 Å². The van der Waals surface area contributed by atoms with Gasteiger partial charge in [0.2, 0.25) is 0 Å². The number of thiophene rings is 1. The van der Waals surface area contributed by atoms with E-state index < -0.39 is 0 Å². The van der Waals surface area contributed by atoms with Crippen LogP contribution in [0.4, 0.5) is 0 Å². The molecule has 1 aromatic rings. The fourth-order valence-electron chi connectivity index (χ4n) is 0.567. The lowest BCUT2D eigenvalue weighted by molar-refractivity contribution is 0.100. The van der Waals surface area contributed by atoms with E-state index in [1.807, 2.05) is 13.0 Å². The zero-order valence-corrected chi connectivity index (χ0v) is 5.87. The molecule has 1 heterocycles. The normalized spacial score (nSPS) is 9.44. The Morgan fingerprint density at radius 2 is 2.33 bits per heavy atom. The van der Waals surface area contributed by atoms with Crippen LogP contribution in [-0.4, -0.2) is 5.91 Å². The van der Waals surface area contributed by atoms with Crippen molar-refractivity contribution in [3.05, 3.63) is 21.9 Å². The SMILES string of the molecule is Cc1ccc(C(N)=O)s1. The first-order valence-corrected chi connectivity index (χ1v) is 3.38. The van der Waals surface area contributed by atoms with Gasteiger partial charge in [-0.2, -0.15) is 0 Å². The van der Waals surface area contributed by atoms with E-state index in [1.165, 1.54) is 11.3 Å². The number of nitrogens with two attached hydrogens (primary N) is 1. The fourth-order valence-corrected chi connectivity index (χ4v) is 1.29. The zero-order valence-electron chi connectivity index (χ0n) is 5.05. The van der Waals surface area contributed by atoms with Gasteiger partial charge in [-0.1, -0.05) is 0 Å². The molecule has 0 aliphatic heterocycles. The van der Waals surface area contributed by atoms with Gasteiger partial charge in [-0.15, -0.1) is 11.3 Å². The summed E-state index contributed by atoms with van der Waals surface area (Å²) < 4.78 is 0. The van der Waals surface area contributed by atoms with Gasteiger partial charge in [-0.25, -0.2) is 0 Å². The molecule has 0 spiro atoms. The third kappa shape index (κ3) is 1.29. The maximum Gasteiger partial charge on any atom is 0.258 e. The molecule has 0 aromatic carbocycles. The lowest BCUT2D eigenvalue weighted by Crippen LogP contribution is -2.07. The summed E-state index contributed by atoms with van der Waals surface area (Å²) >= 11 is 1.42. The summed E-state index contributed by atoms with van der Waals surface area (Å²) in [6.07, 6.45) is 0. The van der Waals surface area contributed by atoms with Crippen molar-refractivity contribution in [1.82, 2.24) is 0 Å². The van der Waals surface area contributed by atoms with Crippen LogP contribution < -0.4 is 5.73 Å². The molecule has 0 aliphatic rings. The van der Waals surface area contributed by atoms with Gasteiger partial charge < -0.3 is 5.73 Å². The largest absolute Gasteiger partial charge is 0.365 e. The Hall–Kier alpha value is -0.830. The maximum absolute atomic E-state index is 10.4. The Labute approximate surface area is 57.3 Å². The number of hydrogen-bond donors (Lipinski definition) is 1. The Kier molecular flexibility index (Phi) is 1.53. The van der Waals surface area contributed by atoms with Crippen LogP contribution in [0.1, 0.15) is 14.5 Å². The Bertz CT molecular complexity index is 229. The lowest BCUT2D eigenvalue weighted by atomic mass is 10.4. The smallest absolute Gasteiger partial charge is 0.258 e.